The van der Waals surface area contributed by atoms with E-state index in [2.05, 4.69) is 29.7 Å². The number of piperazine rings is 1. The lowest BCUT2D eigenvalue weighted by atomic mass is 10.1. The molecule has 1 aromatic heterocycles. The Morgan fingerprint density at radius 3 is 2.95 bits per heavy atom. The maximum absolute atomic E-state index is 9.51. The Morgan fingerprint density at radius 1 is 1.33 bits per heavy atom. The average Bonchev–Trinajstić information content (AvgIpc) is 2.93. The van der Waals surface area contributed by atoms with Crippen molar-refractivity contribution >= 4 is 5.82 Å². The summed E-state index contributed by atoms with van der Waals surface area (Å²) < 4.78 is 0. The van der Waals surface area contributed by atoms with Crippen LogP contribution < -0.4 is 4.90 Å². The number of aromatic nitrogens is 1. The molecule has 2 unspecified atom stereocenters. The first kappa shape index (κ1) is 14.8. The topological polar surface area (TPSA) is 39.6 Å². The highest BCUT2D eigenvalue weighted by molar-refractivity contribution is 5.45. The Morgan fingerprint density at radius 2 is 2.19 bits per heavy atom. The van der Waals surface area contributed by atoms with Crippen LogP contribution in [0, 0.1) is 0 Å². The van der Waals surface area contributed by atoms with E-state index in [9.17, 15) is 5.11 Å². The maximum atomic E-state index is 9.51. The van der Waals surface area contributed by atoms with Crippen molar-refractivity contribution in [2.24, 2.45) is 0 Å². The van der Waals surface area contributed by atoms with E-state index in [1.165, 1.54) is 19.4 Å². The van der Waals surface area contributed by atoms with Gasteiger partial charge in [-0.15, -0.1) is 0 Å². The second-order valence-corrected chi connectivity index (χ2v) is 6.53. The van der Waals surface area contributed by atoms with E-state index in [0.29, 0.717) is 12.1 Å². The molecule has 0 spiro atoms. The average molecular weight is 289 g/mol. The van der Waals surface area contributed by atoms with Gasteiger partial charge in [0, 0.05) is 30.9 Å². The minimum Gasteiger partial charge on any atom is -0.392 e. The Hall–Kier alpha value is -1.13. The van der Waals surface area contributed by atoms with Crippen LogP contribution in [0.15, 0.2) is 12.1 Å². The predicted molar refractivity (Wildman–Crippen MR) is 85.6 cm³/mol. The van der Waals surface area contributed by atoms with Crippen LogP contribution in [0.2, 0.25) is 0 Å². The Kier molecular flexibility index (Phi) is 4.45. The van der Waals surface area contributed by atoms with Gasteiger partial charge in [-0.25, -0.2) is 4.98 Å². The Labute approximate surface area is 127 Å². The van der Waals surface area contributed by atoms with Gasteiger partial charge in [0.1, 0.15) is 5.82 Å². The number of aliphatic hydroxyl groups excluding tert-OH is 1. The highest BCUT2D eigenvalue weighted by atomic mass is 16.3. The third kappa shape index (κ3) is 3.06. The summed E-state index contributed by atoms with van der Waals surface area (Å²) in [5, 5.41) is 9.51. The molecule has 0 aliphatic carbocycles. The van der Waals surface area contributed by atoms with Gasteiger partial charge in [0.25, 0.3) is 0 Å². The van der Waals surface area contributed by atoms with Crippen LogP contribution in [0.3, 0.4) is 0 Å². The molecule has 2 aliphatic rings. The molecule has 116 valence electrons. The van der Waals surface area contributed by atoms with Crippen LogP contribution in [0.1, 0.15) is 44.4 Å². The van der Waals surface area contributed by atoms with Crippen LogP contribution in [0.4, 0.5) is 5.82 Å². The van der Waals surface area contributed by atoms with Crippen molar-refractivity contribution in [1.82, 2.24) is 9.88 Å². The van der Waals surface area contributed by atoms with Crippen molar-refractivity contribution in [3.05, 3.63) is 23.4 Å². The number of hydrogen-bond acceptors (Lipinski definition) is 4. The summed E-state index contributed by atoms with van der Waals surface area (Å²) in [5.41, 5.74) is 2.10. The first-order chi connectivity index (χ1) is 10.2. The number of anilines is 1. The number of pyridine rings is 1. The minimum atomic E-state index is 0.101. The van der Waals surface area contributed by atoms with E-state index in [4.69, 9.17) is 4.98 Å². The van der Waals surface area contributed by atoms with Gasteiger partial charge < -0.3 is 10.0 Å². The lowest BCUT2D eigenvalue weighted by Gasteiger charge is -2.43. The third-order valence-corrected chi connectivity index (χ3v) is 4.84. The molecule has 3 rings (SSSR count). The maximum Gasteiger partial charge on any atom is 0.129 e. The van der Waals surface area contributed by atoms with Crippen LogP contribution in [0.5, 0.6) is 0 Å². The molecule has 4 nitrogen and oxygen atoms in total. The van der Waals surface area contributed by atoms with Crippen molar-refractivity contribution in [1.29, 1.82) is 0 Å². The molecule has 3 heterocycles. The van der Waals surface area contributed by atoms with Gasteiger partial charge in [-0.05, 0) is 50.4 Å². The van der Waals surface area contributed by atoms with Gasteiger partial charge in [-0.3, -0.25) is 4.90 Å². The normalized spacial score (nSPS) is 26.1. The zero-order valence-corrected chi connectivity index (χ0v) is 13.3. The quantitative estimate of drug-likeness (QED) is 0.922. The molecule has 0 bridgehead atoms. The number of aryl methyl sites for hydroxylation is 1. The van der Waals surface area contributed by atoms with Gasteiger partial charge in [-0.1, -0.05) is 13.3 Å². The van der Waals surface area contributed by atoms with Gasteiger partial charge in [0.15, 0.2) is 0 Å². The number of hydrogen-bond donors (Lipinski definition) is 1. The first-order valence-electron chi connectivity index (χ1n) is 8.32. The summed E-state index contributed by atoms with van der Waals surface area (Å²) >= 11 is 0. The minimum absolute atomic E-state index is 0.101. The molecule has 0 saturated carbocycles. The van der Waals surface area contributed by atoms with Crippen LogP contribution in [0.25, 0.3) is 0 Å². The fourth-order valence-electron chi connectivity index (χ4n) is 3.76. The van der Waals surface area contributed by atoms with Gasteiger partial charge in [-0.2, -0.15) is 0 Å². The molecule has 0 radical (unpaired) electrons. The molecular weight excluding hydrogens is 262 g/mol. The standard InChI is InChI=1S/C17H27N3O/c1-3-5-15-8-14(12-21)9-17(18-15)20-11-16-6-4-7-19(16)10-13(20)2/h8-9,13,16,21H,3-7,10-12H2,1-2H3. The summed E-state index contributed by atoms with van der Waals surface area (Å²) in [7, 11) is 0. The predicted octanol–water partition coefficient (Wildman–Crippen LogP) is 2.20. The second kappa shape index (κ2) is 6.32. The van der Waals surface area contributed by atoms with Crippen molar-refractivity contribution in [3.63, 3.8) is 0 Å². The number of fused-ring (bicyclic) bond motifs is 1. The highest BCUT2D eigenvalue weighted by Crippen LogP contribution is 2.28. The summed E-state index contributed by atoms with van der Waals surface area (Å²) in [5.74, 6) is 1.06. The molecule has 4 heteroatoms. The van der Waals surface area contributed by atoms with E-state index < -0.39 is 0 Å². The lowest BCUT2D eigenvalue weighted by molar-refractivity contribution is 0.202. The summed E-state index contributed by atoms with van der Waals surface area (Å²) in [6.45, 7) is 8.04. The first-order valence-corrected chi connectivity index (χ1v) is 8.32. The van der Waals surface area contributed by atoms with E-state index in [-0.39, 0.29) is 6.61 Å². The van der Waals surface area contributed by atoms with E-state index in [0.717, 1.165) is 43.0 Å². The molecule has 2 atom stereocenters. The number of aliphatic hydroxyl groups is 1. The molecule has 0 aromatic carbocycles. The van der Waals surface area contributed by atoms with Gasteiger partial charge in [0.2, 0.25) is 0 Å². The monoisotopic (exact) mass is 289 g/mol. The van der Waals surface area contributed by atoms with Crippen molar-refractivity contribution in [3.8, 4) is 0 Å². The van der Waals surface area contributed by atoms with E-state index in [1.807, 2.05) is 6.07 Å². The zero-order chi connectivity index (χ0) is 14.8. The van der Waals surface area contributed by atoms with E-state index in [1.54, 1.807) is 0 Å². The van der Waals surface area contributed by atoms with E-state index >= 15 is 0 Å². The summed E-state index contributed by atoms with van der Waals surface area (Å²) in [4.78, 5) is 9.93. The Balaban J connectivity index is 1.85. The van der Waals surface area contributed by atoms with Gasteiger partial charge in [0.05, 0.1) is 6.61 Å². The van der Waals surface area contributed by atoms with Crippen LogP contribution >= 0.6 is 0 Å². The molecule has 1 aromatic rings. The smallest absolute Gasteiger partial charge is 0.129 e. The van der Waals surface area contributed by atoms with Crippen molar-refractivity contribution in [2.75, 3.05) is 24.5 Å². The molecule has 0 amide bonds. The number of rotatable bonds is 4. The molecule has 2 aliphatic heterocycles. The fourth-order valence-corrected chi connectivity index (χ4v) is 3.76. The lowest BCUT2D eigenvalue weighted by Crippen LogP contribution is -2.55. The molecule has 21 heavy (non-hydrogen) atoms. The molecule has 2 saturated heterocycles. The summed E-state index contributed by atoms with van der Waals surface area (Å²) in [6, 6.07) is 5.30. The molecular formula is C17H27N3O. The van der Waals surface area contributed by atoms with Crippen LogP contribution in [-0.4, -0.2) is 46.7 Å². The fraction of sp³-hybridized carbons (Fsp3) is 0.706. The zero-order valence-electron chi connectivity index (χ0n) is 13.3. The van der Waals surface area contributed by atoms with Crippen LogP contribution in [-0.2, 0) is 13.0 Å². The number of nitrogens with zero attached hydrogens (tertiary/aromatic N) is 3. The molecule has 1 N–H and O–H groups in total. The highest BCUT2D eigenvalue weighted by Gasteiger charge is 2.34. The Bertz CT molecular complexity index is 491. The molecule has 2 fully saturated rings. The third-order valence-electron chi connectivity index (χ3n) is 4.84. The largest absolute Gasteiger partial charge is 0.392 e. The van der Waals surface area contributed by atoms with Crippen molar-refractivity contribution < 1.29 is 5.11 Å². The van der Waals surface area contributed by atoms with Crippen molar-refractivity contribution in [2.45, 2.75) is 58.2 Å². The summed E-state index contributed by atoms with van der Waals surface area (Å²) in [6.07, 6.45) is 4.72. The van der Waals surface area contributed by atoms with Gasteiger partial charge >= 0.3 is 0 Å². The SMILES string of the molecule is CCCc1cc(CO)cc(N2CC3CCCN3CC2C)n1. The second-order valence-electron chi connectivity index (χ2n) is 6.53.